The topological polar surface area (TPSA) is 20.2 Å². The first-order valence-electron chi connectivity index (χ1n) is 4.57. The molecule has 0 spiro atoms. The Bertz CT molecular complexity index is 147. The molecule has 12 heavy (non-hydrogen) atoms. The summed E-state index contributed by atoms with van der Waals surface area (Å²) in [6.07, 6.45) is 4.33. The van der Waals surface area contributed by atoms with Crippen LogP contribution in [0.2, 0.25) is 0 Å². The van der Waals surface area contributed by atoms with Crippen LogP contribution in [-0.2, 0) is 0 Å². The lowest BCUT2D eigenvalue weighted by Gasteiger charge is -2.16. The Kier molecular flexibility index (Phi) is 5.73. The third-order valence-electron chi connectivity index (χ3n) is 2.06. The van der Waals surface area contributed by atoms with Gasteiger partial charge < -0.3 is 5.11 Å². The molecule has 0 radical (unpaired) electrons. The summed E-state index contributed by atoms with van der Waals surface area (Å²) in [6, 6.07) is 0. The molecule has 0 rings (SSSR count). The fourth-order valence-corrected chi connectivity index (χ4v) is 1.03. The van der Waals surface area contributed by atoms with Gasteiger partial charge in [0.15, 0.2) is 0 Å². The van der Waals surface area contributed by atoms with Gasteiger partial charge in [-0.3, -0.25) is 0 Å². The van der Waals surface area contributed by atoms with E-state index in [9.17, 15) is 5.11 Å². The molecule has 0 saturated heterocycles. The molecule has 0 bridgehead atoms. The summed E-state index contributed by atoms with van der Waals surface area (Å²) >= 11 is 0. The van der Waals surface area contributed by atoms with Crippen LogP contribution in [0, 0.1) is 5.92 Å². The molecule has 0 saturated carbocycles. The fraction of sp³-hybridized carbons (Fsp3) is 0.636. The summed E-state index contributed by atoms with van der Waals surface area (Å²) in [4.78, 5) is 0. The third-order valence-corrected chi connectivity index (χ3v) is 2.06. The van der Waals surface area contributed by atoms with Gasteiger partial charge in [-0.05, 0) is 30.8 Å². The molecule has 1 unspecified atom stereocenters. The molecule has 0 aliphatic rings. The van der Waals surface area contributed by atoms with Crippen molar-refractivity contribution in [3.05, 3.63) is 24.8 Å². The van der Waals surface area contributed by atoms with Crippen molar-refractivity contribution in [2.45, 2.75) is 39.2 Å². The van der Waals surface area contributed by atoms with Gasteiger partial charge >= 0.3 is 0 Å². The van der Waals surface area contributed by atoms with Gasteiger partial charge in [0, 0.05) is 0 Å². The molecular formula is C11H20O. The Hall–Kier alpha value is -0.560. The Labute approximate surface area is 75.8 Å². The lowest BCUT2D eigenvalue weighted by Crippen LogP contribution is -2.13. The molecule has 0 amide bonds. The predicted molar refractivity (Wildman–Crippen MR) is 54.0 cm³/mol. The van der Waals surface area contributed by atoms with Crippen LogP contribution in [0.1, 0.15) is 33.1 Å². The van der Waals surface area contributed by atoms with Crippen LogP contribution in [0.25, 0.3) is 0 Å². The van der Waals surface area contributed by atoms with Gasteiger partial charge in [-0.1, -0.05) is 26.5 Å². The van der Waals surface area contributed by atoms with Crippen LogP contribution in [0.5, 0.6) is 0 Å². The van der Waals surface area contributed by atoms with Gasteiger partial charge in [-0.15, -0.1) is 6.58 Å². The summed E-state index contributed by atoms with van der Waals surface area (Å²) in [5.74, 6) is 0.378. The largest absolute Gasteiger partial charge is 0.389 e. The highest BCUT2D eigenvalue weighted by atomic mass is 16.3. The van der Waals surface area contributed by atoms with Crippen LogP contribution in [0.4, 0.5) is 0 Å². The molecule has 0 aromatic carbocycles. The number of allylic oxidation sites excluding steroid dienone is 1. The van der Waals surface area contributed by atoms with E-state index in [2.05, 4.69) is 27.0 Å². The zero-order valence-corrected chi connectivity index (χ0v) is 8.21. The minimum atomic E-state index is -0.329. The predicted octanol–water partition coefficient (Wildman–Crippen LogP) is 2.92. The van der Waals surface area contributed by atoms with Crippen LogP contribution in [-0.4, -0.2) is 11.2 Å². The van der Waals surface area contributed by atoms with E-state index in [-0.39, 0.29) is 6.10 Å². The van der Waals surface area contributed by atoms with Crippen LogP contribution in [0.3, 0.4) is 0 Å². The van der Waals surface area contributed by atoms with E-state index in [0.717, 1.165) is 24.8 Å². The Balaban J connectivity index is 3.64. The molecule has 0 heterocycles. The smallest absolute Gasteiger partial charge is 0.0750 e. The molecule has 70 valence electrons. The minimum Gasteiger partial charge on any atom is -0.389 e. The van der Waals surface area contributed by atoms with Gasteiger partial charge in [0.05, 0.1) is 6.10 Å². The van der Waals surface area contributed by atoms with Crippen LogP contribution >= 0.6 is 0 Å². The highest BCUT2D eigenvalue weighted by Crippen LogP contribution is 2.16. The second kappa shape index (κ2) is 6.01. The lowest BCUT2D eigenvalue weighted by molar-refractivity contribution is 0.188. The molecule has 1 heteroatoms. The summed E-state index contributed by atoms with van der Waals surface area (Å²) in [6.45, 7) is 11.6. The van der Waals surface area contributed by atoms with Gasteiger partial charge in [0.25, 0.3) is 0 Å². The minimum absolute atomic E-state index is 0.329. The summed E-state index contributed by atoms with van der Waals surface area (Å²) in [7, 11) is 0. The first kappa shape index (κ1) is 11.4. The van der Waals surface area contributed by atoms with E-state index < -0.39 is 0 Å². The molecular weight excluding hydrogens is 148 g/mol. The van der Waals surface area contributed by atoms with Crippen molar-refractivity contribution in [1.82, 2.24) is 0 Å². The van der Waals surface area contributed by atoms with Crippen LogP contribution < -0.4 is 0 Å². The SMILES string of the molecule is C=CCCCC(O)C(=C)C(C)C. The average Bonchev–Trinajstić information content (AvgIpc) is 2.03. The standard InChI is InChI=1S/C11H20O/c1-5-6-7-8-11(12)10(4)9(2)3/h5,9,11-12H,1,4,6-8H2,2-3H3. The zero-order valence-electron chi connectivity index (χ0n) is 8.21. The average molecular weight is 168 g/mol. The van der Waals surface area contributed by atoms with E-state index >= 15 is 0 Å². The maximum Gasteiger partial charge on any atom is 0.0750 e. The number of hydrogen-bond donors (Lipinski definition) is 1. The van der Waals surface area contributed by atoms with Gasteiger partial charge in [0.1, 0.15) is 0 Å². The van der Waals surface area contributed by atoms with Gasteiger partial charge in [-0.25, -0.2) is 0 Å². The normalized spacial score (nSPS) is 13.0. The highest BCUT2D eigenvalue weighted by Gasteiger charge is 2.10. The van der Waals surface area contributed by atoms with E-state index in [0.29, 0.717) is 5.92 Å². The monoisotopic (exact) mass is 168 g/mol. The molecule has 1 nitrogen and oxygen atoms in total. The second-order valence-corrected chi connectivity index (χ2v) is 3.46. The molecule has 0 aromatic heterocycles. The third kappa shape index (κ3) is 4.35. The van der Waals surface area contributed by atoms with Crippen molar-refractivity contribution in [3.8, 4) is 0 Å². The molecule has 1 atom stereocenters. The quantitative estimate of drug-likeness (QED) is 0.477. The van der Waals surface area contributed by atoms with E-state index in [1.54, 1.807) is 0 Å². The number of hydrogen-bond acceptors (Lipinski definition) is 1. The molecule has 0 aromatic rings. The Morgan fingerprint density at radius 3 is 2.50 bits per heavy atom. The van der Waals surface area contributed by atoms with Crippen LogP contribution in [0.15, 0.2) is 24.8 Å². The van der Waals surface area contributed by atoms with Crippen molar-refractivity contribution in [3.63, 3.8) is 0 Å². The van der Waals surface area contributed by atoms with E-state index in [4.69, 9.17) is 0 Å². The van der Waals surface area contributed by atoms with E-state index in [1.807, 2.05) is 6.08 Å². The molecule has 1 N–H and O–H groups in total. The fourth-order valence-electron chi connectivity index (χ4n) is 1.03. The molecule has 0 aliphatic carbocycles. The van der Waals surface area contributed by atoms with Crippen molar-refractivity contribution >= 4 is 0 Å². The van der Waals surface area contributed by atoms with Gasteiger partial charge in [-0.2, -0.15) is 0 Å². The summed E-state index contributed by atoms with van der Waals surface area (Å²) in [5.41, 5.74) is 0.944. The van der Waals surface area contributed by atoms with E-state index in [1.165, 1.54) is 0 Å². The second-order valence-electron chi connectivity index (χ2n) is 3.46. The number of rotatable bonds is 6. The number of unbranched alkanes of at least 4 members (excludes halogenated alkanes) is 1. The first-order chi connectivity index (χ1) is 5.59. The number of aliphatic hydroxyl groups is 1. The molecule has 0 aliphatic heterocycles. The maximum atomic E-state index is 9.58. The summed E-state index contributed by atoms with van der Waals surface area (Å²) in [5, 5.41) is 9.58. The van der Waals surface area contributed by atoms with Gasteiger partial charge in [0.2, 0.25) is 0 Å². The first-order valence-corrected chi connectivity index (χ1v) is 4.57. The van der Waals surface area contributed by atoms with Crippen molar-refractivity contribution in [2.75, 3.05) is 0 Å². The zero-order chi connectivity index (χ0) is 9.56. The van der Waals surface area contributed by atoms with Crippen molar-refractivity contribution < 1.29 is 5.11 Å². The van der Waals surface area contributed by atoms with Crippen molar-refractivity contribution in [1.29, 1.82) is 0 Å². The summed E-state index contributed by atoms with van der Waals surface area (Å²) < 4.78 is 0. The molecule has 0 fully saturated rings. The Morgan fingerprint density at radius 1 is 1.50 bits per heavy atom. The highest BCUT2D eigenvalue weighted by molar-refractivity contribution is 5.04. The maximum absolute atomic E-state index is 9.58. The lowest BCUT2D eigenvalue weighted by atomic mass is 9.96. The van der Waals surface area contributed by atoms with Crippen molar-refractivity contribution in [2.24, 2.45) is 5.92 Å². The Morgan fingerprint density at radius 2 is 2.08 bits per heavy atom. The number of aliphatic hydroxyl groups excluding tert-OH is 1.